The fraction of sp³-hybridized carbons (Fsp3) is 0.684. The van der Waals surface area contributed by atoms with E-state index in [0.717, 1.165) is 57.8 Å². The molecule has 67 heavy (non-hydrogen) atoms. The Balaban J connectivity index is 3.99. The third-order valence-electron chi connectivity index (χ3n) is 11.0. The molecule has 0 spiro atoms. The second kappa shape index (κ2) is 52.3. The molecule has 0 aromatic heterocycles. The van der Waals surface area contributed by atoms with Crippen molar-refractivity contribution in [1.29, 1.82) is 0 Å². The van der Waals surface area contributed by atoms with Crippen molar-refractivity contribution in [3.8, 4) is 0 Å². The van der Waals surface area contributed by atoms with Crippen LogP contribution in [0.15, 0.2) is 97.2 Å². The third kappa shape index (κ3) is 52.2. The van der Waals surface area contributed by atoms with E-state index in [9.17, 15) is 19.0 Å². The van der Waals surface area contributed by atoms with Gasteiger partial charge in [-0.15, -0.1) is 0 Å². The van der Waals surface area contributed by atoms with Crippen LogP contribution < -0.4 is 5.73 Å². The van der Waals surface area contributed by atoms with E-state index in [1.165, 1.54) is 128 Å². The molecule has 0 aliphatic rings. The van der Waals surface area contributed by atoms with Crippen LogP contribution in [0.5, 0.6) is 0 Å². The summed E-state index contributed by atoms with van der Waals surface area (Å²) in [5.41, 5.74) is 5.36. The molecule has 2 unspecified atom stereocenters. The molecule has 2 atom stereocenters. The van der Waals surface area contributed by atoms with Gasteiger partial charge in [0.15, 0.2) is 6.10 Å². The van der Waals surface area contributed by atoms with Crippen molar-refractivity contribution in [3.05, 3.63) is 97.2 Å². The molecule has 0 fully saturated rings. The van der Waals surface area contributed by atoms with E-state index >= 15 is 0 Å². The Labute approximate surface area is 410 Å². The first-order valence-electron chi connectivity index (χ1n) is 26.7. The van der Waals surface area contributed by atoms with E-state index in [-0.39, 0.29) is 32.6 Å². The molecule has 0 bridgehead atoms. The lowest BCUT2D eigenvalue weighted by Crippen LogP contribution is -2.29. The summed E-state index contributed by atoms with van der Waals surface area (Å²) in [4.78, 5) is 35.0. The molecule has 0 heterocycles. The highest BCUT2D eigenvalue weighted by molar-refractivity contribution is 7.47. The van der Waals surface area contributed by atoms with Crippen molar-refractivity contribution in [2.24, 2.45) is 5.73 Å². The summed E-state index contributed by atoms with van der Waals surface area (Å²) in [7, 11) is -4.41. The first-order valence-corrected chi connectivity index (χ1v) is 28.2. The van der Waals surface area contributed by atoms with Crippen LogP contribution in [0.3, 0.4) is 0 Å². The predicted octanol–water partition coefficient (Wildman–Crippen LogP) is 16.5. The zero-order valence-corrected chi connectivity index (χ0v) is 43.5. The van der Waals surface area contributed by atoms with Crippen molar-refractivity contribution < 1.29 is 37.6 Å². The fourth-order valence-electron chi connectivity index (χ4n) is 7.07. The van der Waals surface area contributed by atoms with Gasteiger partial charge in [-0.25, -0.2) is 4.57 Å². The highest BCUT2D eigenvalue weighted by atomic mass is 31.2. The minimum atomic E-state index is -4.41. The molecular weight excluding hydrogens is 858 g/mol. The van der Waals surface area contributed by atoms with Crippen molar-refractivity contribution in [3.63, 3.8) is 0 Å². The Morgan fingerprint density at radius 1 is 0.478 bits per heavy atom. The zero-order valence-electron chi connectivity index (χ0n) is 42.6. The Morgan fingerprint density at radius 3 is 1.30 bits per heavy atom. The molecule has 0 aliphatic heterocycles. The Kier molecular flexibility index (Phi) is 49.9. The molecule has 0 radical (unpaired) electrons. The molecule has 0 amide bonds. The molecular formula is C57H98NO8P. The van der Waals surface area contributed by atoms with Crippen molar-refractivity contribution >= 4 is 19.8 Å². The summed E-state index contributed by atoms with van der Waals surface area (Å²) in [6.07, 6.45) is 69.3. The molecule has 0 aromatic rings. The first-order chi connectivity index (χ1) is 32.8. The number of esters is 2. The number of hydrogen-bond donors (Lipinski definition) is 2. The fourth-order valence-corrected chi connectivity index (χ4v) is 7.84. The second-order valence-electron chi connectivity index (χ2n) is 17.4. The van der Waals surface area contributed by atoms with Crippen LogP contribution in [0.4, 0.5) is 0 Å². The summed E-state index contributed by atoms with van der Waals surface area (Å²) in [5, 5.41) is 0. The number of allylic oxidation sites excluding steroid dienone is 15. The van der Waals surface area contributed by atoms with Gasteiger partial charge < -0.3 is 20.1 Å². The summed E-state index contributed by atoms with van der Waals surface area (Å²) >= 11 is 0. The summed E-state index contributed by atoms with van der Waals surface area (Å²) < 4.78 is 32.8. The van der Waals surface area contributed by atoms with Gasteiger partial charge in [0, 0.05) is 13.0 Å². The highest BCUT2D eigenvalue weighted by Crippen LogP contribution is 2.43. The standard InChI is InChI=1S/C57H98NO8P/c1-3-5-7-9-11-13-15-17-19-20-21-22-23-24-25-26-27-28-29-30-31-32-33-34-36-37-39-41-43-45-47-49-56(59)63-53-55(54-65-67(61,62)64-52-51-58)66-57(60)50-48-46-44-42-40-38-35-18-16-14-12-10-8-6-4-2/h6,8,12,14-15,17-18,20-21,23-24,35,40,42,46,48,55H,3-5,7,9-11,13,16,19,22,25-34,36-39,41,43-45,47,49-54,58H2,1-2H3,(H,61,62)/b8-6-,14-12-,17-15-,21-20-,24-23-,35-18-,42-40-,48-46-. The molecule has 384 valence electrons. The van der Waals surface area contributed by atoms with Gasteiger partial charge in [-0.1, -0.05) is 227 Å². The van der Waals surface area contributed by atoms with E-state index in [4.69, 9.17) is 24.3 Å². The van der Waals surface area contributed by atoms with Gasteiger partial charge in [0.25, 0.3) is 0 Å². The van der Waals surface area contributed by atoms with Gasteiger partial charge in [-0.3, -0.25) is 18.6 Å². The average Bonchev–Trinajstić information content (AvgIpc) is 3.32. The van der Waals surface area contributed by atoms with Gasteiger partial charge in [0.1, 0.15) is 6.61 Å². The molecule has 0 aromatic carbocycles. The highest BCUT2D eigenvalue weighted by Gasteiger charge is 2.25. The van der Waals surface area contributed by atoms with Crippen LogP contribution in [0.2, 0.25) is 0 Å². The molecule has 0 aliphatic carbocycles. The Hall–Kier alpha value is -3.07. The summed E-state index contributed by atoms with van der Waals surface area (Å²) in [6.45, 7) is 3.50. The van der Waals surface area contributed by atoms with Gasteiger partial charge in [0.2, 0.25) is 0 Å². The zero-order chi connectivity index (χ0) is 48.8. The molecule has 10 heteroatoms. The molecule has 0 saturated heterocycles. The Morgan fingerprint density at radius 2 is 0.866 bits per heavy atom. The summed E-state index contributed by atoms with van der Waals surface area (Å²) in [5.74, 6) is -0.978. The topological polar surface area (TPSA) is 134 Å². The first kappa shape index (κ1) is 63.9. The minimum absolute atomic E-state index is 0.00540. The quantitative estimate of drug-likeness (QED) is 0.0264. The number of carbonyl (C=O) groups excluding carboxylic acids is 2. The SMILES string of the molecule is CC/C=C\C/C=C\C/C=C\C/C=C\C/C=C\CC(=O)OC(COC(=O)CCCCCCCCCCCCCCCCCC/C=C\C/C=C\C/C=C\CCCCCCC)COP(=O)(O)OCCN. The van der Waals surface area contributed by atoms with Gasteiger partial charge in [0.05, 0.1) is 19.6 Å². The number of rotatable bonds is 49. The maximum Gasteiger partial charge on any atom is 0.472 e. The maximum absolute atomic E-state index is 12.6. The van der Waals surface area contributed by atoms with E-state index in [1.807, 2.05) is 12.2 Å². The molecule has 3 N–H and O–H groups in total. The number of ether oxygens (including phenoxy) is 2. The van der Waals surface area contributed by atoms with Crippen LogP contribution >= 0.6 is 7.82 Å². The van der Waals surface area contributed by atoms with Crippen LogP contribution in [-0.4, -0.2) is 49.3 Å². The van der Waals surface area contributed by atoms with Crippen molar-refractivity contribution in [1.82, 2.24) is 0 Å². The van der Waals surface area contributed by atoms with E-state index in [0.29, 0.717) is 6.42 Å². The predicted molar refractivity (Wildman–Crippen MR) is 284 cm³/mol. The lowest BCUT2D eigenvalue weighted by molar-refractivity contribution is -0.160. The van der Waals surface area contributed by atoms with Gasteiger partial charge >= 0.3 is 19.8 Å². The number of nitrogens with two attached hydrogens (primary N) is 1. The van der Waals surface area contributed by atoms with Crippen molar-refractivity contribution in [2.45, 2.75) is 225 Å². The number of carbonyl (C=O) groups is 2. The molecule has 0 rings (SSSR count). The lowest BCUT2D eigenvalue weighted by atomic mass is 10.0. The average molecular weight is 956 g/mol. The number of phosphoric acid groups is 1. The van der Waals surface area contributed by atoms with E-state index in [1.54, 1.807) is 6.08 Å². The number of hydrogen-bond acceptors (Lipinski definition) is 8. The smallest absolute Gasteiger partial charge is 0.462 e. The monoisotopic (exact) mass is 956 g/mol. The van der Waals surface area contributed by atoms with Crippen LogP contribution in [-0.2, 0) is 32.7 Å². The largest absolute Gasteiger partial charge is 0.472 e. The Bertz CT molecular complexity index is 1410. The van der Waals surface area contributed by atoms with Gasteiger partial charge in [-0.05, 0) is 77.0 Å². The van der Waals surface area contributed by atoms with Crippen LogP contribution in [0.1, 0.15) is 219 Å². The normalized spacial score (nSPS) is 13.9. The van der Waals surface area contributed by atoms with Gasteiger partial charge in [-0.2, -0.15) is 0 Å². The summed E-state index contributed by atoms with van der Waals surface area (Å²) in [6, 6.07) is 0. The molecule has 0 saturated carbocycles. The number of phosphoric ester groups is 1. The van der Waals surface area contributed by atoms with Crippen LogP contribution in [0.25, 0.3) is 0 Å². The molecule has 9 nitrogen and oxygen atoms in total. The van der Waals surface area contributed by atoms with E-state index < -0.39 is 32.5 Å². The second-order valence-corrected chi connectivity index (χ2v) is 18.8. The van der Waals surface area contributed by atoms with Crippen molar-refractivity contribution in [2.75, 3.05) is 26.4 Å². The maximum atomic E-state index is 12.6. The third-order valence-corrected chi connectivity index (χ3v) is 12.0. The minimum Gasteiger partial charge on any atom is -0.462 e. The van der Waals surface area contributed by atoms with E-state index in [2.05, 4.69) is 92.8 Å². The van der Waals surface area contributed by atoms with Crippen LogP contribution in [0, 0.1) is 0 Å². The number of unbranched alkanes of at least 4 members (excludes halogenated alkanes) is 21. The lowest BCUT2D eigenvalue weighted by Gasteiger charge is -2.19.